The minimum Gasteiger partial charge on any atom is -0.491 e. The van der Waals surface area contributed by atoms with Crippen molar-refractivity contribution in [2.24, 2.45) is 0 Å². The number of nitrogens with zero attached hydrogens (tertiary/aromatic N) is 2. The van der Waals surface area contributed by atoms with Gasteiger partial charge in [0.25, 0.3) is 5.91 Å². The highest BCUT2D eigenvalue weighted by Gasteiger charge is 2.23. The van der Waals surface area contributed by atoms with Gasteiger partial charge in [-0.3, -0.25) is 14.5 Å². The Bertz CT molecular complexity index is 1380. The number of amides is 1. The van der Waals surface area contributed by atoms with E-state index >= 15 is 0 Å². The average molecular weight is 593 g/mol. The summed E-state index contributed by atoms with van der Waals surface area (Å²) in [6, 6.07) is 21.4. The predicted molar refractivity (Wildman–Crippen MR) is 160 cm³/mol. The average Bonchev–Trinajstić information content (AvgIpc) is 2.99. The number of fused-ring (bicyclic) bond motifs is 3. The fourth-order valence-corrected chi connectivity index (χ4v) is 5.79. The van der Waals surface area contributed by atoms with E-state index in [1.165, 1.54) is 10.5 Å². The van der Waals surface area contributed by atoms with E-state index in [1.54, 1.807) is 30.3 Å². The molecule has 0 spiro atoms. The maximum Gasteiger partial charge on any atom is 0.323 e. The zero-order valence-corrected chi connectivity index (χ0v) is 24.4. The third-order valence-electron chi connectivity index (χ3n) is 7.73. The van der Waals surface area contributed by atoms with Gasteiger partial charge in [-0.05, 0) is 59.4 Å². The number of aliphatic carboxylic acids is 1. The van der Waals surface area contributed by atoms with Gasteiger partial charge in [-0.25, -0.2) is 0 Å². The Kier molecular flexibility index (Phi) is 10.5. The summed E-state index contributed by atoms with van der Waals surface area (Å²) in [7, 11) is 0. The van der Waals surface area contributed by atoms with Gasteiger partial charge in [-0.1, -0.05) is 54.1 Å². The molecule has 42 heavy (non-hydrogen) atoms. The summed E-state index contributed by atoms with van der Waals surface area (Å²) in [5.41, 5.74) is 4.26. The summed E-state index contributed by atoms with van der Waals surface area (Å²) in [4.78, 5) is 29.1. The van der Waals surface area contributed by atoms with Crippen LogP contribution in [0.4, 0.5) is 0 Å². The molecule has 0 unspecified atom stereocenters. The van der Waals surface area contributed by atoms with E-state index in [-0.39, 0.29) is 12.5 Å². The molecule has 3 aromatic rings. The van der Waals surface area contributed by atoms with E-state index in [4.69, 9.17) is 25.8 Å². The molecule has 0 atom stereocenters. The third kappa shape index (κ3) is 8.10. The zero-order valence-electron chi connectivity index (χ0n) is 23.7. The Morgan fingerprint density at radius 2 is 1.69 bits per heavy atom. The Morgan fingerprint density at radius 3 is 2.50 bits per heavy atom. The van der Waals surface area contributed by atoms with E-state index in [0.717, 1.165) is 50.3 Å². The van der Waals surface area contributed by atoms with Gasteiger partial charge >= 0.3 is 5.97 Å². The number of hydrogen-bond acceptors (Lipinski definition) is 6. The summed E-state index contributed by atoms with van der Waals surface area (Å²) in [5.74, 6) is -0.801. The number of ether oxygens (including phenoxy) is 3. The standard InChI is InChI=1S/C33H37ClN2O6/c34-30-7-2-1-6-27(30)22-36(23-32(37)38)33(39)26-8-9-31-28(20-26)19-24-4-3-5-25(18-24)21-35(12-15-41-16-17-42-31)29-10-13-40-14-11-29/h1-9,18,20,29H,10-17,19,21-23H2,(H,37,38). The predicted octanol–water partition coefficient (Wildman–Crippen LogP) is 5.05. The van der Waals surface area contributed by atoms with Crippen molar-refractivity contribution in [1.29, 1.82) is 0 Å². The van der Waals surface area contributed by atoms with Crippen molar-refractivity contribution < 1.29 is 28.9 Å². The molecule has 0 aromatic heterocycles. The summed E-state index contributed by atoms with van der Waals surface area (Å²) in [6.07, 6.45) is 2.59. The molecule has 9 heteroatoms. The summed E-state index contributed by atoms with van der Waals surface area (Å²) in [6.45, 7) is 4.35. The first-order chi connectivity index (χ1) is 20.5. The van der Waals surface area contributed by atoms with Crippen LogP contribution in [0.15, 0.2) is 66.7 Å². The third-order valence-corrected chi connectivity index (χ3v) is 8.10. The lowest BCUT2D eigenvalue weighted by atomic mass is 9.99. The van der Waals surface area contributed by atoms with Crippen LogP contribution in [-0.2, 0) is 33.8 Å². The number of carboxylic acids is 1. The van der Waals surface area contributed by atoms with Crippen molar-refractivity contribution in [2.75, 3.05) is 46.1 Å². The van der Waals surface area contributed by atoms with Crippen LogP contribution in [0.3, 0.4) is 0 Å². The fourth-order valence-electron chi connectivity index (χ4n) is 5.60. The van der Waals surface area contributed by atoms with Crippen LogP contribution >= 0.6 is 11.6 Å². The molecule has 2 aliphatic rings. The summed E-state index contributed by atoms with van der Waals surface area (Å²) < 4.78 is 17.7. The van der Waals surface area contributed by atoms with Crippen molar-refractivity contribution >= 4 is 23.5 Å². The number of benzene rings is 3. The minimum absolute atomic E-state index is 0.0847. The van der Waals surface area contributed by atoms with Gasteiger partial charge in [0, 0.05) is 55.9 Å². The van der Waals surface area contributed by atoms with Crippen LogP contribution in [-0.4, -0.2) is 78.9 Å². The van der Waals surface area contributed by atoms with Gasteiger partial charge in [0.1, 0.15) is 18.9 Å². The topological polar surface area (TPSA) is 88.5 Å². The smallest absolute Gasteiger partial charge is 0.323 e. The molecule has 2 bridgehead atoms. The largest absolute Gasteiger partial charge is 0.491 e. The molecule has 1 fully saturated rings. The molecule has 2 heterocycles. The van der Waals surface area contributed by atoms with Crippen molar-refractivity contribution in [3.8, 4) is 5.75 Å². The molecule has 3 aromatic carbocycles. The highest BCUT2D eigenvalue weighted by molar-refractivity contribution is 6.31. The lowest BCUT2D eigenvalue weighted by Gasteiger charge is -2.34. The van der Waals surface area contributed by atoms with Crippen molar-refractivity contribution in [3.05, 3.63) is 99.6 Å². The van der Waals surface area contributed by atoms with Crippen molar-refractivity contribution in [1.82, 2.24) is 9.80 Å². The molecule has 0 aliphatic carbocycles. The molecule has 1 N–H and O–H groups in total. The van der Waals surface area contributed by atoms with Gasteiger partial charge in [0.15, 0.2) is 0 Å². The second-order valence-corrected chi connectivity index (χ2v) is 11.1. The fraction of sp³-hybridized carbons (Fsp3) is 0.394. The van der Waals surface area contributed by atoms with Crippen LogP contribution in [0.1, 0.15) is 45.5 Å². The maximum atomic E-state index is 13.6. The Balaban J connectivity index is 1.41. The second-order valence-electron chi connectivity index (χ2n) is 10.7. The van der Waals surface area contributed by atoms with Gasteiger partial charge in [-0.2, -0.15) is 0 Å². The number of carbonyl (C=O) groups is 2. The van der Waals surface area contributed by atoms with E-state index in [2.05, 4.69) is 29.2 Å². The van der Waals surface area contributed by atoms with Crippen LogP contribution in [0.5, 0.6) is 5.75 Å². The van der Waals surface area contributed by atoms with E-state index in [0.29, 0.717) is 54.2 Å². The zero-order chi connectivity index (χ0) is 29.3. The second kappa shape index (κ2) is 14.6. The first kappa shape index (κ1) is 30.0. The van der Waals surface area contributed by atoms with Crippen LogP contribution in [0.2, 0.25) is 5.02 Å². The number of hydrogen-bond donors (Lipinski definition) is 1. The molecule has 222 valence electrons. The Hall–Kier alpha value is -3.43. The van der Waals surface area contributed by atoms with Crippen LogP contribution < -0.4 is 4.74 Å². The van der Waals surface area contributed by atoms with E-state index < -0.39 is 12.5 Å². The molecule has 2 aliphatic heterocycles. The monoisotopic (exact) mass is 592 g/mol. The molecular formula is C33H37ClN2O6. The van der Waals surface area contributed by atoms with Gasteiger partial charge in [0.05, 0.1) is 13.2 Å². The quantitative estimate of drug-likeness (QED) is 0.429. The van der Waals surface area contributed by atoms with Gasteiger partial charge < -0.3 is 24.2 Å². The normalized spacial score (nSPS) is 17.0. The molecule has 1 amide bonds. The first-order valence-corrected chi connectivity index (χ1v) is 14.8. The Morgan fingerprint density at radius 1 is 0.905 bits per heavy atom. The van der Waals surface area contributed by atoms with E-state index in [1.807, 2.05) is 12.1 Å². The molecule has 0 radical (unpaired) electrons. The molecule has 1 saturated heterocycles. The first-order valence-electron chi connectivity index (χ1n) is 14.4. The Labute approximate surface area is 251 Å². The van der Waals surface area contributed by atoms with Crippen LogP contribution in [0.25, 0.3) is 0 Å². The molecule has 0 saturated carbocycles. The van der Waals surface area contributed by atoms with Gasteiger partial charge in [0.2, 0.25) is 0 Å². The number of rotatable bonds is 6. The van der Waals surface area contributed by atoms with E-state index in [9.17, 15) is 14.7 Å². The highest BCUT2D eigenvalue weighted by atomic mass is 35.5. The number of carboxylic acid groups (broad SMARTS) is 1. The number of halogens is 1. The molecule has 5 rings (SSSR count). The lowest BCUT2D eigenvalue weighted by Crippen LogP contribution is -2.41. The maximum absolute atomic E-state index is 13.6. The molecular weight excluding hydrogens is 556 g/mol. The van der Waals surface area contributed by atoms with Crippen molar-refractivity contribution in [2.45, 2.75) is 38.4 Å². The lowest BCUT2D eigenvalue weighted by molar-refractivity contribution is -0.137. The van der Waals surface area contributed by atoms with Crippen LogP contribution in [0, 0.1) is 0 Å². The van der Waals surface area contributed by atoms with Gasteiger partial charge in [-0.15, -0.1) is 0 Å². The summed E-state index contributed by atoms with van der Waals surface area (Å²) >= 11 is 6.32. The van der Waals surface area contributed by atoms with Crippen molar-refractivity contribution in [3.63, 3.8) is 0 Å². The highest BCUT2D eigenvalue weighted by Crippen LogP contribution is 2.27. The summed E-state index contributed by atoms with van der Waals surface area (Å²) in [5, 5.41) is 10.0. The molecule has 8 nitrogen and oxygen atoms in total. The minimum atomic E-state index is -1.09. The number of carbonyl (C=O) groups excluding carboxylic acids is 1. The SMILES string of the molecule is O=C(O)CN(Cc1ccccc1Cl)C(=O)c1ccc2c(c1)Cc1cccc(c1)CN(C1CCOCC1)CCOCCO2.